The average Bonchev–Trinajstić information content (AvgIpc) is 3.10. The average molecular weight is 508 g/mol. The Bertz CT molecular complexity index is 1360. The van der Waals surface area contributed by atoms with E-state index in [0.717, 1.165) is 12.0 Å². The smallest absolute Gasteiger partial charge is 0.268 e. The van der Waals surface area contributed by atoms with Crippen LogP contribution in [-0.2, 0) is 14.8 Å². The summed E-state index contributed by atoms with van der Waals surface area (Å²) in [6.07, 6.45) is 5.19. The van der Waals surface area contributed by atoms with E-state index in [9.17, 15) is 18.0 Å². The van der Waals surface area contributed by atoms with Crippen molar-refractivity contribution >= 4 is 27.5 Å². The van der Waals surface area contributed by atoms with Crippen LogP contribution in [0.25, 0.3) is 11.3 Å². The van der Waals surface area contributed by atoms with Crippen molar-refractivity contribution in [1.29, 1.82) is 0 Å². The van der Waals surface area contributed by atoms with Gasteiger partial charge in [0, 0.05) is 24.1 Å². The second kappa shape index (κ2) is 9.65. The van der Waals surface area contributed by atoms with Gasteiger partial charge in [-0.1, -0.05) is 57.2 Å². The highest BCUT2D eigenvalue weighted by Gasteiger charge is 2.39. The van der Waals surface area contributed by atoms with Crippen LogP contribution in [-0.4, -0.2) is 37.2 Å². The van der Waals surface area contributed by atoms with Crippen molar-refractivity contribution in [3.05, 3.63) is 70.7 Å². The minimum Gasteiger partial charge on any atom is -0.351 e. The molecule has 4 rings (SSSR count). The first-order valence-electron chi connectivity index (χ1n) is 12.3. The highest BCUT2D eigenvalue weighted by molar-refractivity contribution is 7.95. The van der Waals surface area contributed by atoms with Crippen LogP contribution >= 0.6 is 0 Å². The molecule has 0 saturated carbocycles. The lowest BCUT2D eigenvalue weighted by molar-refractivity contribution is -0.114. The Hall–Kier alpha value is -3.26. The molecule has 0 unspecified atom stereocenters. The predicted octanol–water partition coefficient (Wildman–Crippen LogP) is 4.97. The highest BCUT2D eigenvalue weighted by Crippen LogP contribution is 2.38. The number of nitrogens with zero attached hydrogens (tertiary/aromatic N) is 2. The molecule has 190 valence electrons. The van der Waals surface area contributed by atoms with E-state index in [0.29, 0.717) is 29.9 Å². The van der Waals surface area contributed by atoms with Crippen molar-refractivity contribution in [2.24, 2.45) is 5.92 Å². The maximum absolute atomic E-state index is 13.3. The fourth-order valence-electron chi connectivity index (χ4n) is 4.99. The van der Waals surface area contributed by atoms with Crippen LogP contribution in [0.5, 0.6) is 0 Å². The number of hydrogen-bond acceptors (Lipinski definition) is 6. The maximum atomic E-state index is 13.3. The van der Waals surface area contributed by atoms with Gasteiger partial charge < -0.3 is 4.90 Å². The number of sulfonamides is 1. The molecule has 36 heavy (non-hydrogen) atoms. The number of Topliss-reactive ketones (excluding diaryl/α,β-unsaturated/α-hetero) is 1. The molecule has 7 nitrogen and oxygen atoms in total. The molecule has 1 fully saturated rings. The molecule has 1 N–H and O–H groups in total. The van der Waals surface area contributed by atoms with Crippen molar-refractivity contribution in [3.8, 4) is 11.3 Å². The number of aromatic nitrogens is 1. The standard InChI is InChI=1S/C28H33N3O4S/c1-18(2)20-10-12-21(13-11-20)23-15-14-22(26(29-23)31-17-19(3)16-28(31,4)5)27(33)30-36(34,35)25-9-7-6-8-24(25)32/h6-7,9-15,18-19H,8,16-17H2,1-5H3,(H,30,33)/t19-/m0/s1. The van der Waals surface area contributed by atoms with Gasteiger partial charge in [-0.2, -0.15) is 0 Å². The molecule has 1 amide bonds. The number of anilines is 1. The lowest BCUT2D eigenvalue weighted by Crippen LogP contribution is -2.41. The Morgan fingerprint density at radius 1 is 1.14 bits per heavy atom. The summed E-state index contributed by atoms with van der Waals surface area (Å²) in [6.45, 7) is 11.3. The molecular weight excluding hydrogens is 474 g/mol. The van der Waals surface area contributed by atoms with E-state index in [-0.39, 0.29) is 17.5 Å². The summed E-state index contributed by atoms with van der Waals surface area (Å²) in [7, 11) is -4.32. The predicted molar refractivity (Wildman–Crippen MR) is 142 cm³/mol. The van der Waals surface area contributed by atoms with Gasteiger partial charge in [0.05, 0.1) is 11.3 Å². The molecule has 0 spiro atoms. The minimum absolute atomic E-state index is 0.0160. The molecule has 8 heteroatoms. The van der Waals surface area contributed by atoms with Crippen molar-refractivity contribution < 1.29 is 18.0 Å². The van der Waals surface area contributed by atoms with Gasteiger partial charge >= 0.3 is 0 Å². The fraction of sp³-hybridized carbons (Fsp3) is 0.393. The summed E-state index contributed by atoms with van der Waals surface area (Å²) in [5, 5.41) is 0. The first kappa shape index (κ1) is 25.8. The molecule has 1 aromatic heterocycles. The number of pyridine rings is 1. The molecule has 0 radical (unpaired) electrons. The SMILES string of the molecule is CC(C)c1ccc(-c2ccc(C(=O)NS(=O)(=O)C3=CC=CCC3=O)c(N3C[C@@H](C)CC3(C)C)n2)cc1. The van der Waals surface area contributed by atoms with Crippen LogP contribution < -0.4 is 9.62 Å². The van der Waals surface area contributed by atoms with Gasteiger partial charge in [0.2, 0.25) is 0 Å². The number of benzene rings is 1. The summed E-state index contributed by atoms with van der Waals surface area (Å²) >= 11 is 0. The van der Waals surface area contributed by atoms with Gasteiger partial charge in [0.1, 0.15) is 10.7 Å². The van der Waals surface area contributed by atoms with E-state index >= 15 is 0 Å². The lowest BCUT2D eigenvalue weighted by atomic mass is 9.97. The summed E-state index contributed by atoms with van der Waals surface area (Å²) in [6, 6.07) is 11.5. The van der Waals surface area contributed by atoms with E-state index < -0.39 is 26.6 Å². The van der Waals surface area contributed by atoms with Gasteiger partial charge in [0.15, 0.2) is 5.78 Å². The number of amides is 1. The Morgan fingerprint density at radius 2 is 1.83 bits per heavy atom. The number of carbonyl (C=O) groups excluding carboxylic acids is 2. The van der Waals surface area contributed by atoms with Crippen LogP contribution in [0.3, 0.4) is 0 Å². The Labute approximate surface area is 213 Å². The van der Waals surface area contributed by atoms with Gasteiger partial charge in [0.25, 0.3) is 15.9 Å². The quantitative estimate of drug-likeness (QED) is 0.593. The first-order chi connectivity index (χ1) is 16.9. The molecule has 2 aromatic rings. The van der Waals surface area contributed by atoms with Crippen LogP contribution in [0.1, 0.15) is 69.3 Å². The summed E-state index contributed by atoms with van der Waals surface area (Å²) in [5.41, 5.74) is 2.71. The molecule has 2 heterocycles. The fourth-order valence-corrected chi connectivity index (χ4v) is 6.09. The second-order valence-corrected chi connectivity index (χ2v) is 12.2. The van der Waals surface area contributed by atoms with Crippen LogP contribution in [0.15, 0.2) is 59.5 Å². The topological polar surface area (TPSA) is 96.4 Å². The van der Waals surface area contributed by atoms with Crippen molar-refractivity contribution in [3.63, 3.8) is 0 Å². The third kappa shape index (κ3) is 5.14. The minimum atomic E-state index is -4.32. The van der Waals surface area contributed by atoms with E-state index in [2.05, 4.69) is 56.4 Å². The van der Waals surface area contributed by atoms with Gasteiger partial charge in [-0.25, -0.2) is 18.1 Å². The summed E-state index contributed by atoms with van der Waals surface area (Å²) < 4.78 is 27.9. The number of allylic oxidation sites excluding steroid dienone is 4. The third-order valence-electron chi connectivity index (χ3n) is 6.80. The van der Waals surface area contributed by atoms with Gasteiger partial charge in [-0.05, 0) is 55.9 Å². The Morgan fingerprint density at radius 3 is 2.42 bits per heavy atom. The highest BCUT2D eigenvalue weighted by atomic mass is 32.2. The number of rotatable bonds is 6. The molecule has 2 aliphatic rings. The van der Waals surface area contributed by atoms with Crippen LogP contribution in [0, 0.1) is 5.92 Å². The lowest BCUT2D eigenvalue weighted by Gasteiger charge is -2.34. The molecule has 1 aliphatic carbocycles. The Kier molecular flexibility index (Phi) is 6.92. The molecule has 0 bridgehead atoms. The zero-order valence-electron chi connectivity index (χ0n) is 21.4. The largest absolute Gasteiger partial charge is 0.351 e. The van der Waals surface area contributed by atoms with Gasteiger partial charge in [-0.3, -0.25) is 9.59 Å². The monoisotopic (exact) mass is 507 g/mol. The van der Waals surface area contributed by atoms with Crippen molar-refractivity contribution in [1.82, 2.24) is 9.71 Å². The van der Waals surface area contributed by atoms with Crippen molar-refractivity contribution in [2.45, 2.75) is 58.9 Å². The van der Waals surface area contributed by atoms with Crippen LogP contribution in [0.2, 0.25) is 0 Å². The molecule has 1 atom stereocenters. The zero-order valence-corrected chi connectivity index (χ0v) is 22.2. The number of hydrogen-bond donors (Lipinski definition) is 1. The zero-order chi connectivity index (χ0) is 26.3. The Balaban J connectivity index is 1.75. The second-order valence-electron chi connectivity index (χ2n) is 10.6. The number of carbonyl (C=O) groups is 2. The van der Waals surface area contributed by atoms with E-state index in [1.165, 1.54) is 17.7 Å². The molecular formula is C28H33N3O4S. The van der Waals surface area contributed by atoms with E-state index in [4.69, 9.17) is 4.98 Å². The normalized spacial score (nSPS) is 19.5. The molecule has 1 aromatic carbocycles. The first-order valence-corrected chi connectivity index (χ1v) is 13.7. The number of ketones is 1. The van der Waals surface area contributed by atoms with E-state index in [1.54, 1.807) is 18.2 Å². The van der Waals surface area contributed by atoms with Gasteiger partial charge in [-0.15, -0.1) is 0 Å². The van der Waals surface area contributed by atoms with E-state index in [1.807, 2.05) is 12.1 Å². The maximum Gasteiger partial charge on any atom is 0.268 e. The summed E-state index contributed by atoms with van der Waals surface area (Å²) in [4.78, 5) is 32.0. The molecule has 1 aliphatic heterocycles. The molecule has 1 saturated heterocycles. The summed E-state index contributed by atoms with van der Waals surface area (Å²) in [5.74, 6) is -0.133. The van der Waals surface area contributed by atoms with Crippen LogP contribution in [0.4, 0.5) is 5.82 Å². The van der Waals surface area contributed by atoms with Crippen molar-refractivity contribution in [2.75, 3.05) is 11.4 Å². The third-order valence-corrected chi connectivity index (χ3v) is 8.20. The number of nitrogens with one attached hydrogen (secondary N) is 1.